The van der Waals surface area contributed by atoms with Crippen LogP contribution < -0.4 is 25.8 Å². The Bertz CT molecular complexity index is 1060. The smallest absolute Gasteiger partial charge is 0.253 e. The molecule has 0 spiro atoms. The summed E-state index contributed by atoms with van der Waals surface area (Å²) in [5, 5.41) is 5.88. The highest BCUT2D eigenvalue weighted by Crippen LogP contribution is 2.34. The molecular formula is C29H46N4O4. The van der Waals surface area contributed by atoms with Crippen molar-refractivity contribution in [2.75, 3.05) is 45.9 Å². The second-order valence-electron chi connectivity index (χ2n) is 9.62. The summed E-state index contributed by atoms with van der Waals surface area (Å²) in [4.78, 5) is 30.7. The third kappa shape index (κ3) is 8.61. The fraction of sp³-hybridized carbons (Fsp3) is 0.586. The summed E-state index contributed by atoms with van der Waals surface area (Å²) >= 11 is 0. The first kappa shape index (κ1) is 30.4. The van der Waals surface area contributed by atoms with Gasteiger partial charge in [0.1, 0.15) is 5.75 Å². The molecule has 0 unspecified atom stereocenters. The normalized spacial score (nSPS) is 13.5. The van der Waals surface area contributed by atoms with Gasteiger partial charge in [0.05, 0.1) is 13.7 Å². The van der Waals surface area contributed by atoms with E-state index in [9.17, 15) is 9.59 Å². The van der Waals surface area contributed by atoms with Crippen LogP contribution in [0.4, 0.5) is 5.69 Å². The number of carbonyl (C=O) groups excluding carboxylic acids is 1. The number of nitrogens with zero attached hydrogens (tertiary/aromatic N) is 1. The number of carbonyl (C=O) groups is 1. The molecule has 0 saturated heterocycles. The van der Waals surface area contributed by atoms with Crippen LogP contribution >= 0.6 is 0 Å². The average molecular weight is 515 g/mol. The molecular weight excluding hydrogens is 468 g/mol. The summed E-state index contributed by atoms with van der Waals surface area (Å²) < 4.78 is 10.3. The average Bonchev–Trinajstić information content (AvgIpc) is 2.89. The summed E-state index contributed by atoms with van der Waals surface area (Å²) in [7, 11) is 5.22. The van der Waals surface area contributed by atoms with Gasteiger partial charge < -0.3 is 30.0 Å². The molecule has 0 atom stereocenters. The first-order valence-electron chi connectivity index (χ1n) is 13.3. The molecule has 2 aromatic rings. The molecule has 3 rings (SSSR count). The summed E-state index contributed by atoms with van der Waals surface area (Å²) in [6, 6.07) is 6.24. The number of aromatic nitrogens is 1. The van der Waals surface area contributed by atoms with Crippen molar-refractivity contribution in [3.8, 4) is 5.75 Å². The van der Waals surface area contributed by atoms with E-state index in [1.165, 1.54) is 32.1 Å². The molecule has 1 aliphatic carbocycles. The molecule has 1 aromatic carbocycles. The van der Waals surface area contributed by atoms with Gasteiger partial charge in [-0.15, -0.1) is 0 Å². The van der Waals surface area contributed by atoms with Crippen LogP contribution in [0, 0.1) is 20.8 Å². The van der Waals surface area contributed by atoms with Gasteiger partial charge in [-0.1, -0.05) is 19.3 Å². The highest BCUT2D eigenvalue weighted by molar-refractivity contribution is 5.97. The minimum atomic E-state index is -0.197. The maximum absolute atomic E-state index is 13.1. The van der Waals surface area contributed by atoms with Crippen LogP contribution in [0.3, 0.4) is 0 Å². The summed E-state index contributed by atoms with van der Waals surface area (Å²) in [6.07, 6.45) is 6.17. The van der Waals surface area contributed by atoms with E-state index in [-0.39, 0.29) is 18.0 Å². The zero-order valence-electron chi connectivity index (χ0n) is 23.8. The SMILES string of the molecule is CCN(c1cc(OC)cc(C(=O)NCc2c(C)cc(C)[nH]c2=O)c1C)C1CCCCC1.CNCCOC. The van der Waals surface area contributed by atoms with Crippen LogP contribution in [0.2, 0.25) is 0 Å². The Hall–Kier alpha value is -2.84. The van der Waals surface area contributed by atoms with Gasteiger partial charge in [0.15, 0.2) is 0 Å². The first-order valence-corrected chi connectivity index (χ1v) is 13.3. The maximum atomic E-state index is 13.1. The van der Waals surface area contributed by atoms with Crippen molar-refractivity contribution in [1.82, 2.24) is 15.6 Å². The van der Waals surface area contributed by atoms with Crippen molar-refractivity contribution in [2.24, 2.45) is 0 Å². The number of benzene rings is 1. The fourth-order valence-corrected chi connectivity index (χ4v) is 4.91. The van der Waals surface area contributed by atoms with Gasteiger partial charge in [0, 0.05) is 61.4 Å². The third-order valence-electron chi connectivity index (χ3n) is 6.98. The number of aryl methyl sites for hydroxylation is 2. The quantitative estimate of drug-likeness (QED) is 0.410. The van der Waals surface area contributed by atoms with Gasteiger partial charge in [-0.05, 0) is 70.8 Å². The largest absolute Gasteiger partial charge is 0.497 e. The molecule has 0 aliphatic heterocycles. The van der Waals surface area contributed by atoms with E-state index in [0.29, 0.717) is 22.9 Å². The maximum Gasteiger partial charge on any atom is 0.253 e. The molecule has 0 radical (unpaired) electrons. The molecule has 1 aliphatic rings. The molecule has 37 heavy (non-hydrogen) atoms. The van der Waals surface area contributed by atoms with E-state index in [0.717, 1.165) is 42.2 Å². The highest BCUT2D eigenvalue weighted by Gasteiger charge is 2.24. The number of H-pyrrole nitrogens is 1. The Labute approximate surface area is 222 Å². The van der Waals surface area contributed by atoms with Crippen molar-refractivity contribution in [2.45, 2.75) is 72.4 Å². The number of aromatic amines is 1. The number of likely N-dealkylation sites (N-methyl/N-ethyl adjacent to an activating group) is 1. The van der Waals surface area contributed by atoms with Crippen LogP contribution in [0.15, 0.2) is 23.0 Å². The Kier molecular flexibility index (Phi) is 12.7. The molecule has 1 aromatic heterocycles. The number of ether oxygens (including phenoxy) is 2. The summed E-state index contributed by atoms with van der Waals surface area (Å²) in [5.41, 5.74) is 4.70. The molecule has 1 fully saturated rings. The second kappa shape index (κ2) is 15.4. The van der Waals surface area contributed by atoms with E-state index >= 15 is 0 Å². The van der Waals surface area contributed by atoms with E-state index < -0.39 is 0 Å². The molecule has 1 amide bonds. The summed E-state index contributed by atoms with van der Waals surface area (Å²) in [6.45, 7) is 10.7. The van der Waals surface area contributed by atoms with Crippen molar-refractivity contribution in [3.05, 3.63) is 56.5 Å². The Morgan fingerprint density at radius 3 is 2.35 bits per heavy atom. The fourth-order valence-electron chi connectivity index (χ4n) is 4.91. The standard InChI is InChI=1S/C25H35N3O3.C4H11NO/c1-6-28(19-10-8-7-9-11-19)23-14-20(31-5)13-21(18(23)4)24(29)26-15-22-16(2)12-17(3)27-25(22)30;1-5-3-4-6-2/h12-14,19H,6-11,15H2,1-5H3,(H,26,29)(H,27,30);5H,3-4H2,1-2H3. The molecule has 8 nitrogen and oxygen atoms in total. The molecule has 1 saturated carbocycles. The van der Waals surface area contributed by atoms with Gasteiger partial charge in [-0.25, -0.2) is 0 Å². The van der Waals surface area contributed by atoms with Crippen LogP contribution in [0.5, 0.6) is 5.75 Å². The van der Waals surface area contributed by atoms with Crippen LogP contribution in [-0.4, -0.2) is 57.9 Å². The van der Waals surface area contributed by atoms with Crippen LogP contribution in [0.1, 0.15) is 71.8 Å². The predicted molar refractivity (Wildman–Crippen MR) is 151 cm³/mol. The van der Waals surface area contributed by atoms with Gasteiger partial charge >= 0.3 is 0 Å². The van der Waals surface area contributed by atoms with Gasteiger partial charge in [-0.3, -0.25) is 9.59 Å². The number of hydrogen-bond donors (Lipinski definition) is 3. The van der Waals surface area contributed by atoms with E-state index in [1.807, 2.05) is 40.0 Å². The molecule has 206 valence electrons. The zero-order valence-corrected chi connectivity index (χ0v) is 23.8. The highest BCUT2D eigenvalue weighted by atomic mass is 16.5. The number of pyridine rings is 1. The number of anilines is 1. The third-order valence-corrected chi connectivity index (χ3v) is 6.98. The molecule has 0 bridgehead atoms. The number of nitrogens with one attached hydrogen (secondary N) is 3. The Balaban J connectivity index is 0.000000717. The summed E-state index contributed by atoms with van der Waals surface area (Å²) in [5.74, 6) is 0.473. The van der Waals surface area contributed by atoms with Crippen molar-refractivity contribution >= 4 is 11.6 Å². The second-order valence-corrected chi connectivity index (χ2v) is 9.62. The van der Waals surface area contributed by atoms with Gasteiger partial charge in [-0.2, -0.15) is 0 Å². The molecule has 1 heterocycles. The van der Waals surface area contributed by atoms with Crippen molar-refractivity contribution < 1.29 is 14.3 Å². The van der Waals surface area contributed by atoms with Crippen LogP contribution in [0.25, 0.3) is 0 Å². The minimum Gasteiger partial charge on any atom is -0.497 e. The first-order chi connectivity index (χ1) is 17.8. The molecule has 3 N–H and O–H groups in total. The van der Waals surface area contributed by atoms with E-state index in [2.05, 4.69) is 27.4 Å². The van der Waals surface area contributed by atoms with Gasteiger partial charge in [0.2, 0.25) is 0 Å². The lowest BCUT2D eigenvalue weighted by Crippen LogP contribution is -2.37. The van der Waals surface area contributed by atoms with E-state index in [1.54, 1.807) is 20.3 Å². The zero-order chi connectivity index (χ0) is 27.4. The van der Waals surface area contributed by atoms with Gasteiger partial charge in [0.25, 0.3) is 11.5 Å². The number of amides is 1. The van der Waals surface area contributed by atoms with Crippen molar-refractivity contribution in [1.29, 1.82) is 0 Å². The topological polar surface area (TPSA) is 95.7 Å². The lowest BCUT2D eigenvalue weighted by atomic mass is 9.93. The monoisotopic (exact) mass is 514 g/mol. The van der Waals surface area contributed by atoms with E-state index in [4.69, 9.17) is 9.47 Å². The number of methoxy groups -OCH3 is 2. The Morgan fingerprint density at radius 2 is 1.81 bits per heavy atom. The lowest BCUT2D eigenvalue weighted by molar-refractivity contribution is 0.0949. The molecule has 8 heteroatoms. The van der Waals surface area contributed by atoms with Crippen molar-refractivity contribution in [3.63, 3.8) is 0 Å². The van der Waals surface area contributed by atoms with Crippen LogP contribution in [-0.2, 0) is 11.3 Å². The number of rotatable bonds is 10. The minimum absolute atomic E-state index is 0.157. The predicted octanol–water partition coefficient (Wildman–Crippen LogP) is 4.25. The Morgan fingerprint density at radius 1 is 1.11 bits per heavy atom. The number of hydrogen-bond acceptors (Lipinski definition) is 6. The lowest BCUT2D eigenvalue weighted by Gasteiger charge is -2.37.